The molecule has 1 N–H and O–H groups in total. The smallest absolute Gasteiger partial charge is 0.237 e. The Morgan fingerprint density at radius 1 is 1.17 bits per heavy atom. The van der Waals surface area contributed by atoms with Crippen LogP contribution in [0.1, 0.15) is 41.5 Å². The van der Waals surface area contributed by atoms with E-state index in [1.165, 1.54) is 10.4 Å². The molecular formula is C29H36N2O3S. The van der Waals surface area contributed by atoms with Crippen LogP contribution in [0.15, 0.2) is 66.0 Å². The Hall–Kier alpha value is -2.67. The molecule has 0 saturated heterocycles. The number of amides is 1. The van der Waals surface area contributed by atoms with Crippen LogP contribution in [0.3, 0.4) is 0 Å². The summed E-state index contributed by atoms with van der Waals surface area (Å²) in [5.41, 5.74) is 3.45. The number of carbonyl (C=O) groups excluding carboxylic acids is 1. The highest BCUT2D eigenvalue weighted by Crippen LogP contribution is 2.34. The summed E-state index contributed by atoms with van der Waals surface area (Å²) in [5, 5.41) is 12.9. The average molecular weight is 493 g/mol. The Balaban J connectivity index is 1.44. The lowest BCUT2D eigenvalue weighted by atomic mass is 10.00. The number of ether oxygens (including phenoxy) is 1. The number of aliphatic hydroxyl groups is 1. The maximum atomic E-state index is 13.6. The molecule has 186 valence electrons. The summed E-state index contributed by atoms with van der Waals surface area (Å²) in [4.78, 5) is 19.0. The van der Waals surface area contributed by atoms with E-state index in [1.807, 2.05) is 66.4 Å². The van der Waals surface area contributed by atoms with Crippen LogP contribution >= 0.6 is 11.3 Å². The van der Waals surface area contributed by atoms with Crippen molar-refractivity contribution in [2.45, 2.75) is 51.8 Å². The number of hydrogen-bond donors (Lipinski definition) is 1. The van der Waals surface area contributed by atoms with Gasteiger partial charge in [-0.05, 0) is 73.9 Å². The highest BCUT2D eigenvalue weighted by atomic mass is 32.1. The van der Waals surface area contributed by atoms with Gasteiger partial charge in [0.05, 0.1) is 18.7 Å². The lowest BCUT2D eigenvalue weighted by Crippen LogP contribution is -2.49. The lowest BCUT2D eigenvalue weighted by Gasteiger charge is -2.38. The summed E-state index contributed by atoms with van der Waals surface area (Å²) in [6.45, 7) is 8.06. The molecule has 3 aromatic rings. The SMILES string of the molecule is Cc1cccc(OCC2c3ccsc3CCN2C(=O)CN(CC(O)Cc2ccccc2)C(C)C)c1. The zero-order valence-electron chi connectivity index (χ0n) is 20.9. The van der Waals surface area contributed by atoms with Crippen LogP contribution in [0, 0.1) is 6.92 Å². The van der Waals surface area contributed by atoms with Gasteiger partial charge in [0.2, 0.25) is 5.91 Å². The minimum atomic E-state index is -0.530. The Morgan fingerprint density at radius 3 is 2.71 bits per heavy atom. The molecule has 0 radical (unpaired) electrons. The van der Waals surface area contributed by atoms with Crippen molar-refractivity contribution >= 4 is 17.2 Å². The Morgan fingerprint density at radius 2 is 1.97 bits per heavy atom. The van der Waals surface area contributed by atoms with Gasteiger partial charge in [0, 0.05) is 24.0 Å². The predicted molar refractivity (Wildman–Crippen MR) is 142 cm³/mol. The molecule has 1 amide bonds. The highest BCUT2D eigenvalue weighted by Gasteiger charge is 2.33. The molecule has 1 aliphatic rings. The second kappa shape index (κ2) is 11.8. The van der Waals surface area contributed by atoms with Gasteiger partial charge in [-0.3, -0.25) is 9.69 Å². The van der Waals surface area contributed by atoms with Gasteiger partial charge in [0.1, 0.15) is 12.4 Å². The molecule has 0 spiro atoms. The molecule has 5 nitrogen and oxygen atoms in total. The van der Waals surface area contributed by atoms with Crippen LogP contribution in [0.5, 0.6) is 5.75 Å². The maximum Gasteiger partial charge on any atom is 0.237 e. The topological polar surface area (TPSA) is 53.0 Å². The minimum absolute atomic E-state index is 0.0836. The monoisotopic (exact) mass is 492 g/mol. The van der Waals surface area contributed by atoms with Gasteiger partial charge in [-0.2, -0.15) is 0 Å². The van der Waals surface area contributed by atoms with Gasteiger partial charge in [-0.25, -0.2) is 0 Å². The van der Waals surface area contributed by atoms with Crippen molar-refractivity contribution < 1.29 is 14.6 Å². The fourth-order valence-corrected chi connectivity index (χ4v) is 5.63. The second-order valence-electron chi connectivity index (χ2n) is 9.65. The third-order valence-electron chi connectivity index (χ3n) is 6.64. The Kier molecular flexibility index (Phi) is 8.60. The van der Waals surface area contributed by atoms with Crippen molar-refractivity contribution in [2.75, 3.05) is 26.2 Å². The molecule has 1 aliphatic heterocycles. The van der Waals surface area contributed by atoms with Crippen LogP contribution in [-0.2, 0) is 17.6 Å². The third-order valence-corrected chi connectivity index (χ3v) is 7.64. The second-order valence-corrected chi connectivity index (χ2v) is 10.6. The first-order valence-corrected chi connectivity index (χ1v) is 13.3. The van der Waals surface area contributed by atoms with E-state index < -0.39 is 6.10 Å². The van der Waals surface area contributed by atoms with E-state index in [4.69, 9.17) is 4.74 Å². The quantitative estimate of drug-likeness (QED) is 0.439. The molecule has 35 heavy (non-hydrogen) atoms. The summed E-state index contributed by atoms with van der Waals surface area (Å²) >= 11 is 1.76. The lowest BCUT2D eigenvalue weighted by molar-refractivity contribution is -0.137. The van der Waals surface area contributed by atoms with Crippen molar-refractivity contribution in [3.05, 3.63) is 87.6 Å². The van der Waals surface area contributed by atoms with Gasteiger partial charge in [0.15, 0.2) is 0 Å². The first-order valence-electron chi connectivity index (χ1n) is 12.4. The van der Waals surface area contributed by atoms with E-state index in [0.29, 0.717) is 26.1 Å². The number of aliphatic hydroxyl groups excluding tert-OH is 1. The summed E-state index contributed by atoms with van der Waals surface area (Å²) in [6, 6.07) is 20.2. The molecule has 2 unspecified atom stereocenters. The van der Waals surface area contributed by atoms with Gasteiger partial charge in [-0.1, -0.05) is 42.5 Å². The van der Waals surface area contributed by atoms with Crippen molar-refractivity contribution in [3.8, 4) is 5.75 Å². The van der Waals surface area contributed by atoms with Crippen molar-refractivity contribution in [1.29, 1.82) is 0 Å². The third kappa shape index (κ3) is 6.72. The molecule has 2 aromatic carbocycles. The number of nitrogens with zero attached hydrogens (tertiary/aromatic N) is 2. The van der Waals surface area contributed by atoms with Crippen LogP contribution < -0.4 is 4.74 Å². The van der Waals surface area contributed by atoms with E-state index >= 15 is 0 Å². The van der Waals surface area contributed by atoms with Crippen LogP contribution in [-0.4, -0.2) is 59.2 Å². The largest absolute Gasteiger partial charge is 0.491 e. The molecule has 6 heteroatoms. The zero-order valence-corrected chi connectivity index (χ0v) is 21.7. The van der Waals surface area contributed by atoms with Crippen molar-refractivity contribution in [1.82, 2.24) is 9.80 Å². The fourth-order valence-electron chi connectivity index (χ4n) is 4.70. The van der Waals surface area contributed by atoms with Crippen molar-refractivity contribution in [2.24, 2.45) is 0 Å². The van der Waals surface area contributed by atoms with E-state index in [9.17, 15) is 9.90 Å². The maximum absolute atomic E-state index is 13.6. The minimum Gasteiger partial charge on any atom is -0.491 e. The van der Waals surface area contributed by atoms with E-state index in [1.54, 1.807) is 11.3 Å². The average Bonchev–Trinajstić information content (AvgIpc) is 3.32. The Labute approximate surface area is 213 Å². The van der Waals surface area contributed by atoms with Crippen molar-refractivity contribution in [3.63, 3.8) is 0 Å². The standard InChI is InChI=1S/C29H36N2O3S/c1-21(2)30(18-24(32)17-23-9-5-4-6-10-23)19-29(33)31-14-12-28-26(13-15-35-28)27(31)20-34-25-11-7-8-22(3)16-25/h4-11,13,15-16,21,24,27,32H,12,14,17-20H2,1-3H3. The first-order chi connectivity index (χ1) is 16.9. The molecule has 4 rings (SSSR count). The summed E-state index contributed by atoms with van der Waals surface area (Å²) in [5.74, 6) is 0.910. The molecule has 2 atom stereocenters. The van der Waals surface area contributed by atoms with E-state index in [-0.39, 0.29) is 24.5 Å². The molecule has 0 fully saturated rings. The number of rotatable bonds is 10. The van der Waals surface area contributed by atoms with Gasteiger partial charge in [0.25, 0.3) is 0 Å². The van der Waals surface area contributed by atoms with Crippen LogP contribution in [0.2, 0.25) is 0 Å². The first kappa shape index (κ1) is 25.4. The number of thiophene rings is 1. The van der Waals surface area contributed by atoms with E-state index in [0.717, 1.165) is 23.3 Å². The Bertz CT molecular complexity index is 1100. The summed E-state index contributed by atoms with van der Waals surface area (Å²) in [6.07, 6.45) is 0.920. The summed E-state index contributed by atoms with van der Waals surface area (Å²) < 4.78 is 6.17. The molecule has 1 aromatic heterocycles. The number of aryl methyl sites for hydroxylation is 1. The molecule has 0 bridgehead atoms. The van der Waals surface area contributed by atoms with Gasteiger partial charge in [-0.15, -0.1) is 11.3 Å². The van der Waals surface area contributed by atoms with Gasteiger partial charge < -0.3 is 14.7 Å². The molecule has 2 heterocycles. The highest BCUT2D eigenvalue weighted by molar-refractivity contribution is 7.10. The predicted octanol–water partition coefficient (Wildman–Crippen LogP) is 4.88. The number of hydrogen-bond acceptors (Lipinski definition) is 5. The zero-order chi connectivity index (χ0) is 24.8. The molecule has 0 aliphatic carbocycles. The van der Waals surface area contributed by atoms with Crippen LogP contribution in [0.25, 0.3) is 0 Å². The summed E-state index contributed by atoms with van der Waals surface area (Å²) in [7, 11) is 0. The van der Waals surface area contributed by atoms with Crippen LogP contribution in [0.4, 0.5) is 0 Å². The fraction of sp³-hybridized carbons (Fsp3) is 0.414. The molecule has 0 saturated carbocycles. The number of carbonyl (C=O) groups is 1. The normalized spacial score (nSPS) is 16.4. The van der Waals surface area contributed by atoms with E-state index in [2.05, 4.69) is 30.2 Å². The number of fused-ring (bicyclic) bond motifs is 1. The van der Waals surface area contributed by atoms with Gasteiger partial charge >= 0.3 is 0 Å². The number of benzene rings is 2. The molecular weight excluding hydrogens is 456 g/mol.